The lowest BCUT2D eigenvalue weighted by atomic mass is 10.0. The highest BCUT2D eigenvalue weighted by molar-refractivity contribution is 6.09. The Morgan fingerprint density at radius 2 is 1.48 bits per heavy atom. The highest BCUT2D eigenvalue weighted by atomic mass is 16.1. The standard InChI is InChI=1S/C23H15N3O/c27-23(19-13-12-16-6-1-2-8-18(16)14-19)21-15-26(25-24-21)22-11-5-9-17-7-3-4-10-20(17)22/h1-15H. The van der Waals surface area contributed by atoms with Gasteiger partial charge in [-0.25, -0.2) is 4.68 Å². The molecule has 0 spiro atoms. The third kappa shape index (κ3) is 2.68. The number of benzene rings is 4. The highest BCUT2D eigenvalue weighted by Crippen LogP contribution is 2.22. The molecular weight excluding hydrogens is 334 g/mol. The van der Waals surface area contributed by atoms with E-state index in [4.69, 9.17) is 0 Å². The topological polar surface area (TPSA) is 47.8 Å². The second kappa shape index (κ2) is 6.18. The zero-order valence-electron chi connectivity index (χ0n) is 14.4. The Morgan fingerprint density at radius 1 is 0.741 bits per heavy atom. The minimum absolute atomic E-state index is 0.132. The quantitative estimate of drug-likeness (QED) is 0.439. The van der Waals surface area contributed by atoms with E-state index in [9.17, 15) is 4.79 Å². The van der Waals surface area contributed by atoms with Gasteiger partial charge >= 0.3 is 0 Å². The van der Waals surface area contributed by atoms with Crippen molar-refractivity contribution in [2.24, 2.45) is 0 Å². The summed E-state index contributed by atoms with van der Waals surface area (Å²) in [6.45, 7) is 0. The number of carbonyl (C=O) groups is 1. The van der Waals surface area contributed by atoms with E-state index in [1.807, 2.05) is 72.8 Å². The first-order valence-corrected chi connectivity index (χ1v) is 8.73. The lowest BCUT2D eigenvalue weighted by molar-refractivity contribution is 0.103. The molecule has 5 rings (SSSR count). The first-order chi connectivity index (χ1) is 13.3. The van der Waals surface area contributed by atoms with Gasteiger partial charge in [0.05, 0.1) is 11.9 Å². The van der Waals surface area contributed by atoms with Crippen molar-refractivity contribution in [1.29, 1.82) is 0 Å². The van der Waals surface area contributed by atoms with E-state index in [1.165, 1.54) is 0 Å². The molecule has 1 heterocycles. The molecule has 27 heavy (non-hydrogen) atoms. The van der Waals surface area contributed by atoms with Crippen molar-refractivity contribution in [2.75, 3.05) is 0 Å². The lowest BCUT2D eigenvalue weighted by Crippen LogP contribution is -2.01. The second-order valence-corrected chi connectivity index (χ2v) is 6.44. The Labute approximate surface area is 155 Å². The average Bonchev–Trinajstić information content (AvgIpc) is 3.22. The molecular formula is C23H15N3O. The minimum Gasteiger partial charge on any atom is -0.287 e. The maximum absolute atomic E-state index is 12.9. The number of fused-ring (bicyclic) bond motifs is 2. The third-order valence-electron chi connectivity index (χ3n) is 4.75. The maximum Gasteiger partial charge on any atom is 0.214 e. The molecule has 5 aromatic rings. The normalized spacial score (nSPS) is 11.1. The van der Waals surface area contributed by atoms with Crippen LogP contribution in [-0.4, -0.2) is 20.8 Å². The number of hydrogen-bond donors (Lipinski definition) is 0. The monoisotopic (exact) mass is 349 g/mol. The van der Waals surface area contributed by atoms with Gasteiger partial charge in [-0.1, -0.05) is 78.0 Å². The first-order valence-electron chi connectivity index (χ1n) is 8.73. The molecule has 0 bridgehead atoms. The minimum atomic E-state index is -0.132. The maximum atomic E-state index is 12.9. The summed E-state index contributed by atoms with van der Waals surface area (Å²) in [5.41, 5.74) is 1.84. The van der Waals surface area contributed by atoms with Crippen LogP contribution in [0.1, 0.15) is 16.1 Å². The molecule has 0 saturated heterocycles. The van der Waals surface area contributed by atoms with Gasteiger partial charge in [0.1, 0.15) is 0 Å². The molecule has 0 atom stereocenters. The molecule has 0 N–H and O–H groups in total. The van der Waals surface area contributed by atoms with E-state index >= 15 is 0 Å². The summed E-state index contributed by atoms with van der Waals surface area (Å²) in [7, 11) is 0. The van der Waals surface area contributed by atoms with Crippen LogP contribution in [0.2, 0.25) is 0 Å². The van der Waals surface area contributed by atoms with Gasteiger partial charge in [0.15, 0.2) is 5.69 Å². The molecule has 1 aromatic heterocycles. The molecule has 0 aliphatic heterocycles. The van der Waals surface area contributed by atoms with E-state index in [-0.39, 0.29) is 5.78 Å². The van der Waals surface area contributed by atoms with Gasteiger partial charge < -0.3 is 0 Å². The van der Waals surface area contributed by atoms with E-state index in [2.05, 4.69) is 22.4 Å². The average molecular weight is 349 g/mol. The van der Waals surface area contributed by atoms with Crippen LogP contribution in [0.25, 0.3) is 27.2 Å². The summed E-state index contributed by atoms with van der Waals surface area (Å²) in [5, 5.41) is 12.6. The van der Waals surface area contributed by atoms with Crippen molar-refractivity contribution in [3.8, 4) is 5.69 Å². The number of hydrogen-bond acceptors (Lipinski definition) is 3. The molecule has 0 saturated carbocycles. The van der Waals surface area contributed by atoms with E-state index in [1.54, 1.807) is 10.9 Å². The predicted molar refractivity (Wildman–Crippen MR) is 106 cm³/mol. The summed E-state index contributed by atoms with van der Waals surface area (Å²) in [6, 6.07) is 27.8. The molecule has 0 radical (unpaired) electrons. The number of nitrogens with zero attached hydrogens (tertiary/aromatic N) is 3. The smallest absolute Gasteiger partial charge is 0.214 e. The SMILES string of the molecule is O=C(c1ccc2ccccc2c1)c1cn(-c2cccc3ccccc23)nn1. The summed E-state index contributed by atoms with van der Waals surface area (Å²) >= 11 is 0. The largest absolute Gasteiger partial charge is 0.287 e. The van der Waals surface area contributed by atoms with E-state index in [0.717, 1.165) is 27.2 Å². The third-order valence-corrected chi connectivity index (χ3v) is 4.75. The van der Waals surface area contributed by atoms with Crippen molar-refractivity contribution in [3.63, 3.8) is 0 Å². The summed E-state index contributed by atoms with van der Waals surface area (Å²) in [6.07, 6.45) is 1.69. The lowest BCUT2D eigenvalue weighted by Gasteiger charge is -2.05. The number of ketones is 1. The van der Waals surface area contributed by atoms with Crippen molar-refractivity contribution < 1.29 is 4.79 Å². The molecule has 4 nitrogen and oxygen atoms in total. The molecule has 0 aliphatic rings. The van der Waals surface area contributed by atoms with Gasteiger partial charge in [-0.3, -0.25) is 4.79 Å². The van der Waals surface area contributed by atoms with Crippen molar-refractivity contribution in [2.45, 2.75) is 0 Å². The Bertz CT molecular complexity index is 1300. The Kier molecular flexibility index (Phi) is 3.54. The van der Waals surface area contributed by atoms with Gasteiger partial charge in [-0.2, -0.15) is 0 Å². The van der Waals surface area contributed by atoms with Gasteiger partial charge in [-0.05, 0) is 28.3 Å². The van der Waals surface area contributed by atoms with E-state index < -0.39 is 0 Å². The predicted octanol–water partition coefficient (Wildman–Crippen LogP) is 4.80. The summed E-state index contributed by atoms with van der Waals surface area (Å²) in [4.78, 5) is 12.9. The Balaban J connectivity index is 1.55. The molecule has 128 valence electrons. The second-order valence-electron chi connectivity index (χ2n) is 6.44. The molecule has 0 aliphatic carbocycles. The number of rotatable bonds is 3. The van der Waals surface area contributed by atoms with Gasteiger partial charge in [0.2, 0.25) is 5.78 Å². The zero-order valence-corrected chi connectivity index (χ0v) is 14.4. The van der Waals surface area contributed by atoms with Gasteiger partial charge in [0, 0.05) is 10.9 Å². The van der Waals surface area contributed by atoms with Crippen molar-refractivity contribution in [1.82, 2.24) is 15.0 Å². The van der Waals surface area contributed by atoms with Crippen LogP contribution in [0.15, 0.2) is 91.1 Å². The Hall–Kier alpha value is -3.79. The fraction of sp³-hybridized carbons (Fsp3) is 0. The molecule has 4 aromatic carbocycles. The van der Waals surface area contributed by atoms with Crippen LogP contribution in [-0.2, 0) is 0 Å². The highest BCUT2D eigenvalue weighted by Gasteiger charge is 2.15. The summed E-state index contributed by atoms with van der Waals surface area (Å²) < 4.78 is 1.66. The first kappa shape index (κ1) is 15.5. The fourth-order valence-corrected chi connectivity index (χ4v) is 3.37. The van der Waals surface area contributed by atoms with Crippen LogP contribution in [0.4, 0.5) is 0 Å². The number of carbonyl (C=O) groups excluding carboxylic acids is 1. The zero-order chi connectivity index (χ0) is 18.2. The van der Waals surface area contributed by atoms with Gasteiger partial charge in [0.25, 0.3) is 0 Å². The molecule has 0 amide bonds. The van der Waals surface area contributed by atoms with Crippen LogP contribution < -0.4 is 0 Å². The van der Waals surface area contributed by atoms with Crippen LogP contribution in [0, 0.1) is 0 Å². The molecule has 0 unspecified atom stereocenters. The van der Waals surface area contributed by atoms with Gasteiger partial charge in [-0.15, -0.1) is 5.10 Å². The molecule has 4 heteroatoms. The van der Waals surface area contributed by atoms with Crippen LogP contribution >= 0.6 is 0 Å². The van der Waals surface area contributed by atoms with Crippen molar-refractivity contribution >= 4 is 27.3 Å². The fourth-order valence-electron chi connectivity index (χ4n) is 3.37. The molecule has 0 fully saturated rings. The van der Waals surface area contributed by atoms with Crippen LogP contribution in [0.3, 0.4) is 0 Å². The number of aromatic nitrogens is 3. The Morgan fingerprint density at radius 3 is 2.37 bits per heavy atom. The van der Waals surface area contributed by atoms with Crippen molar-refractivity contribution in [3.05, 3.63) is 102 Å². The van der Waals surface area contributed by atoms with Crippen LogP contribution in [0.5, 0.6) is 0 Å². The summed E-state index contributed by atoms with van der Waals surface area (Å²) in [5.74, 6) is -0.132. The van der Waals surface area contributed by atoms with E-state index in [0.29, 0.717) is 11.3 Å².